The third-order valence-corrected chi connectivity index (χ3v) is 6.31. The first-order valence-electron chi connectivity index (χ1n) is 9.01. The molecule has 0 saturated heterocycles. The van der Waals surface area contributed by atoms with Gasteiger partial charge in [0.05, 0.1) is 0 Å². The monoisotopic (exact) mass is 336 g/mol. The molecular formula is C17H37O4P. The zero-order valence-corrected chi connectivity index (χ0v) is 15.8. The van der Waals surface area contributed by atoms with Crippen molar-refractivity contribution in [1.29, 1.82) is 0 Å². The van der Waals surface area contributed by atoms with Crippen molar-refractivity contribution in [3.05, 3.63) is 0 Å². The maximum absolute atomic E-state index is 11.9. The van der Waals surface area contributed by atoms with E-state index in [1.165, 1.54) is 0 Å². The smallest absolute Gasteiger partial charge is 0.356 e. The van der Waals surface area contributed by atoms with Crippen LogP contribution in [-0.4, -0.2) is 20.2 Å². The van der Waals surface area contributed by atoms with Crippen molar-refractivity contribution in [3.63, 3.8) is 0 Å². The molecule has 0 aromatic heterocycles. The fourth-order valence-corrected chi connectivity index (χ4v) is 4.12. The van der Waals surface area contributed by atoms with E-state index in [0.29, 0.717) is 0 Å². The van der Waals surface area contributed by atoms with Gasteiger partial charge in [0, 0.05) is 0 Å². The van der Waals surface area contributed by atoms with Gasteiger partial charge in [-0.25, -0.2) is 0 Å². The summed E-state index contributed by atoms with van der Waals surface area (Å²) >= 11 is 0. The van der Waals surface area contributed by atoms with E-state index in [9.17, 15) is 19.5 Å². The van der Waals surface area contributed by atoms with Crippen LogP contribution in [0.3, 0.4) is 0 Å². The molecule has 0 aromatic carbocycles. The van der Waals surface area contributed by atoms with E-state index in [1.807, 2.05) is 13.8 Å². The lowest BCUT2D eigenvalue weighted by molar-refractivity contribution is 0.0382. The Morgan fingerprint density at radius 1 is 0.864 bits per heavy atom. The molecule has 4 nitrogen and oxygen atoms in total. The first-order chi connectivity index (χ1) is 10.2. The van der Waals surface area contributed by atoms with Gasteiger partial charge in [-0.15, -0.1) is 0 Å². The van der Waals surface area contributed by atoms with Crippen LogP contribution in [0, 0.1) is 11.8 Å². The summed E-state index contributed by atoms with van der Waals surface area (Å²) in [5.41, 5.74) is 0. The van der Waals surface area contributed by atoms with Crippen LogP contribution in [0.25, 0.3) is 0 Å². The third kappa shape index (κ3) is 7.59. The largest absolute Gasteiger partial charge is 0.377 e. The fraction of sp³-hybridized carbons (Fsp3) is 1.00. The van der Waals surface area contributed by atoms with Gasteiger partial charge in [-0.3, -0.25) is 4.57 Å². The molecule has 5 heteroatoms. The first kappa shape index (κ1) is 22.1. The van der Waals surface area contributed by atoms with Crippen molar-refractivity contribution in [3.8, 4) is 0 Å². The molecule has 3 N–H and O–H groups in total. The van der Waals surface area contributed by atoms with Gasteiger partial charge in [-0.2, -0.15) is 0 Å². The lowest BCUT2D eigenvalue weighted by Gasteiger charge is -2.35. The minimum Gasteiger partial charge on any atom is -0.377 e. The molecule has 0 bridgehead atoms. The maximum atomic E-state index is 11.9. The van der Waals surface area contributed by atoms with Crippen LogP contribution in [0.5, 0.6) is 0 Å². The Kier molecular flexibility index (Phi) is 10.9. The lowest BCUT2D eigenvalue weighted by atomic mass is 9.86. The topological polar surface area (TPSA) is 77.8 Å². The van der Waals surface area contributed by atoms with Crippen LogP contribution in [0.15, 0.2) is 0 Å². The van der Waals surface area contributed by atoms with Crippen LogP contribution in [0.2, 0.25) is 0 Å². The Balaban J connectivity index is 5.01. The highest BCUT2D eigenvalue weighted by Crippen LogP contribution is 2.56. The molecular weight excluding hydrogens is 299 g/mol. The Morgan fingerprint density at radius 2 is 1.23 bits per heavy atom. The highest BCUT2D eigenvalue weighted by atomic mass is 31.2. The zero-order chi connectivity index (χ0) is 17.2. The molecule has 0 aliphatic heterocycles. The van der Waals surface area contributed by atoms with E-state index < -0.39 is 12.9 Å². The standard InChI is InChI=1S/C17H37O4P/c1-5-9-11-15(7-3)13-17(18,22(19,20)21)14-16(8-4)12-10-6-2/h15-16,18H,5-14H2,1-4H3,(H2,19,20,21). The molecule has 22 heavy (non-hydrogen) atoms. The molecule has 0 aromatic rings. The summed E-state index contributed by atoms with van der Waals surface area (Å²) in [6.45, 7) is 8.29. The second kappa shape index (κ2) is 10.8. The van der Waals surface area contributed by atoms with Gasteiger partial charge >= 0.3 is 7.60 Å². The SMILES string of the molecule is CCCCC(CC)CC(O)(CC(CC)CCCC)P(=O)(O)O. The number of aliphatic hydroxyl groups is 1. The van der Waals surface area contributed by atoms with Gasteiger partial charge in [0.25, 0.3) is 0 Å². The molecule has 0 amide bonds. The second-order valence-electron chi connectivity index (χ2n) is 6.77. The quantitative estimate of drug-likeness (QED) is 0.411. The van der Waals surface area contributed by atoms with E-state index in [2.05, 4.69) is 13.8 Å². The Bertz CT molecular complexity index is 309. The Labute approximate surface area is 136 Å². The normalized spacial score (nSPS) is 18.0. The molecule has 134 valence electrons. The third-order valence-electron chi connectivity index (χ3n) is 4.86. The fourth-order valence-electron chi connectivity index (χ4n) is 3.13. The average Bonchev–Trinajstić information content (AvgIpc) is 2.46. The van der Waals surface area contributed by atoms with E-state index in [4.69, 9.17) is 0 Å². The summed E-state index contributed by atoms with van der Waals surface area (Å²) in [6.07, 6.45) is 8.24. The summed E-state index contributed by atoms with van der Waals surface area (Å²) in [5, 5.41) is 8.94. The number of unbranched alkanes of at least 4 members (excludes halogenated alkanes) is 2. The number of hydrogen-bond donors (Lipinski definition) is 3. The average molecular weight is 336 g/mol. The van der Waals surface area contributed by atoms with Gasteiger partial charge in [0.1, 0.15) is 0 Å². The van der Waals surface area contributed by atoms with Crippen LogP contribution in [0.4, 0.5) is 0 Å². The number of rotatable bonds is 13. The minimum atomic E-state index is -4.53. The summed E-state index contributed by atoms with van der Waals surface area (Å²) in [6, 6.07) is 0. The molecule has 0 rings (SSSR count). The molecule has 0 saturated carbocycles. The van der Waals surface area contributed by atoms with Gasteiger partial charge in [0.15, 0.2) is 5.34 Å². The highest BCUT2D eigenvalue weighted by Gasteiger charge is 2.47. The van der Waals surface area contributed by atoms with Crippen LogP contribution in [-0.2, 0) is 4.57 Å². The summed E-state index contributed by atoms with van der Waals surface area (Å²) in [4.78, 5) is 19.5. The summed E-state index contributed by atoms with van der Waals surface area (Å²) < 4.78 is 11.9. The molecule has 0 aliphatic rings. The molecule has 0 heterocycles. The van der Waals surface area contributed by atoms with Crippen molar-refractivity contribution < 1.29 is 19.5 Å². The van der Waals surface area contributed by atoms with Gasteiger partial charge in [-0.05, 0) is 24.7 Å². The minimum absolute atomic E-state index is 0.182. The van der Waals surface area contributed by atoms with Crippen molar-refractivity contribution in [2.45, 2.75) is 97.2 Å². The molecule has 0 aliphatic carbocycles. The van der Waals surface area contributed by atoms with Gasteiger partial charge < -0.3 is 14.9 Å². The van der Waals surface area contributed by atoms with Crippen LogP contribution >= 0.6 is 7.60 Å². The highest BCUT2D eigenvalue weighted by molar-refractivity contribution is 7.53. The Morgan fingerprint density at radius 3 is 1.45 bits per heavy atom. The van der Waals surface area contributed by atoms with E-state index in [-0.39, 0.29) is 24.7 Å². The summed E-state index contributed by atoms with van der Waals surface area (Å²) in [7, 11) is -4.53. The van der Waals surface area contributed by atoms with Crippen molar-refractivity contribution in [1.82, 2.24) is 0 Å². The molecule has 0 fully saturated rings. The molecule has 2 atom stereocenters. The van der Waals surface area contributed by atoms with E-state index >= 15 is 0 Å². The summed E-state index contributed by atoms with van der Waals surface area (Å²) in [5.74, 6) is 0.363. The zero-order valence-electron chi connectivity index (χ0n) is 14.9. The molecule has 0 radical (unpaired) electrons. The molecule has 0 spiro atoms. The van der Waals surface area contributed by atoms with Crippen molar-refractivity contribution in [2.24, 2.45) is 11.8 Å². The van der Waals surface area contributed by atoms with Gasteiger partial charge in [-0.1, -0.05) is 79.1 Å². The number of hydrogen-bond acceptors (Lipinski definition) is 2. The van der Waals surface area contributed by atoms with Crippen molar-refractivity contribution in [2.75, 3.05) is 0 Å². The second-order valence-corrected chi connectivity index (χ2v) is 8.69. The first-order valence-corrected chi connectivity index (χ1v) is 10.6. The predicted octanol–water partition coefficient (Wildman–Crippen LogP) is 5.07. The van der Waals surface area contributed by atoms with E-state index in [0.717, 1.165) is 51.4 Å². The van der Waals surface area contributed by atoms with Gasteiger partial charge in [0.2, 0.25) is 0 Å². The lowest BCUT2D eigenvalue weighted by Crippen LogP contribution is -2.34. The van der Waals surface area contributed by atoms with E-state index in [1.54, 1.807) is 0 Å². The molecule has 2 unspecified atom stereocenters. The van der Waals surface area contributed by atoms with Crippen molar-refractivity contribution >= 4 is 7.60 Å². The predicted molar refractivity (Wildman–Crippen MR) is 92.8 cm³/mol. The van der Waals surface area contributed by atoms with Crippen LogP contribution in [0.1, 0.15) is 91.9 Å². The Hall–Kier alpha value is 0.110. The maximum Gasteiger partial charge on any atom is 0.356 e. The van der Waals surface area contributed by atoms with Crippen LogP contribution < -0.4 is 0 Å².